The molecular weight excluding hydrogens is 827 g/mol. The molecule has 260 valence electrons. The lowest BCUT2D eigenvalue weighted by Crippen LogP contribution is -2.03. The molecule has 0 saturated heterocycles. The maximum atomic E-state index is 8.01. The minimum absolute atomic E-state index is 0.576. The molecule has 0 aliphatic heterocycles. The molecule has 0 amide bonds. The normalized spacial score (nSPS) is 10.3. The fraction of sp³-hybridized carbons (Fsp3) is 0.105. The van der Waals surface area contributed by atoms with Gasteiger partial charge in [0.25, 0.3) is 0 Å². The Bertz CT molecular complexity index is 2420. The number of hydrogen-bond donors (Lipinski definition) is 0. The number of aryl methyl sites for hydroxylation is 4. The highest BCUT2D eigenvalue weighted by Gasteiger charge is 2.16. The largest absolute Gasteiger partial charge is 0.303 e. The minimum Gasteiger partial charge on any atom is -0.303 e. The van der Waals surface area contributed by atoms with E-state index in [-0.39, 0.29) is 0 Å². The molecule has 14 heteroatoms. The van der Waals surface area contributed by atoms with Gasteiger partial charge >= 0.3 is 0 Å². The molecule has 0 fully saturated rings. The predicted octanol–water partition coefficient (Wildman–Crippen LogP) is 11.7. The summed E-state index contributed by atoms with van der Waals surface area (Å²) >= 11 is 18.6. The Kier molecular flexibility index (Phi) is 12.7. The first kappa shape index (κ1) is 38.1. The van der Waals surface area contributed by atoms with Crippen LogP contribution in [0.1, 0.15) is 28.6 Å². The lowest BCUT2D eigenvalue weighted by atomic mass is 10.1. The molecule has 7 rings (SSSR count). The Labute approximate surface area is 328 Å². The molecule has 7 aromatic rings. The van der Waals surface area contributed by atoms with E-state index in [1.54, 1.807) is 35.1 Å². The second-order valence-electron chi connectivity index (χ2n) is 11.2. The molecule has 52 heavy (non-hydrogen) atoms. The SMILES string of the molecule is C#Cc1cc(Br)ccc1-n1cc(C)nc1C.Cc1cn(-c2ccc(Br)cc2-c2cnnn2-c2ccc(Cl)cc2)c(C)n1.[N-]=[N+]=Nc1ccc(Cl)cc1. The maximum Gasteiger partial charge on any atom is 0.110 e. The molecule has 0 spiro atoms. The summed E-state index contributed by atoms with van der Waals surface area (Å²) < 4.78 is 7.86. The van der Waals surface area contributed by atoms with E-state index in [9.17, 15) is 0 Å². The summed E-state index contributed by atoms with van der Waals surface area (Å²) in [5.41, 5.74) is 16.2. The van der Waals surface area contributed by atoms with Gasteiger partial charge in [-0.25, -0.2) is 14.6 Å². The zero-order valence-electron chi connectivity index (χ0n) is 28.4. The van der Waals surface area contributed by atoms with E-state index >= 15 is 0 Å². The Hall–Kier alpha value is -5.15. The number of hydrogen-bond acceptors (Lipinski definition) is 5. The highest BCUT2D eigenvalue weighted by atomic mass is 79.9. The summed E-state index contributed by atoms with van der Waals surface area (Å²) in [6.45, 7) is 7.92. The van der Waals surface area contributed by atoms with Crippen LogP contribution in [0.3, 0.4) is 0 Å². The lowest BCUT2D eigenvalue weighted by molar-refractivity contribution is 0.807. The van der Waals surface area contributed by atoms with E-state index in [1.807, 2.05) is 93.2 Å². The molecule has 0 radical (unpaired) electrons. The fourth-order valence-electron chi connectivity index (χ4n) is 5.23. The van der Waals surface area contributed by atoms with Gasteiger partial charge in [0.2, 0.25) is 0 Å². The Morgan fingerprint density at radius 2 is 1.29 bits per heavy atom. The van der Waals surface area contributed by atoms with Crippen LogP contribution in [0.4, 0.5) is 5.69 Å². The molecule has 3 aromatic heterocycles. The molecule has 0 atom stereocenters. The van der Waals surface area contributed by atoms with Crippen LogP contribution in [0.5, 0.6) is 0 Å². The van der Waals surface area contributed by atoms with Crippen molar-refractivity contribution in [2.45, 2.75) is 27.7 Å². The van der Waals surface area contributed by atoms with Crippen molar-refractivity contribution < 1.29 is 0 Å². The summed E-state index contributed by atoms with van der Waals surface area (Å²) in [4.78, 5) is 11.5. The second-order valence-corrected chi connectivity index (χ2v) is 13.9. The van der Waals surface area contributed by atoms with Crippen LogP contribution in [-0.4, -0.2) is 34.1 Å². The summed E-state index contributed by atoms with van der Waals surface area (Å²) in [7, 11) is 0. The summed E-state index contributed by atoms with van der Waals surface area (Å²) in [5, 5.41) is 13.1. The average molecular weight is 857 g/mol. The van der Waals surface area contributed by atoms with Crippen molar-refractivity contribution in [1.29, 1.82) is 0 Å². The quantitative estimate of drug-likeness (QED) is 0.0742. The maximum absolute atomic E-state index is 8.01. The molecule has 0 N–H and O–H groups in total. The van der Waals surface area contributed by atoms with Gasteiger partial charge in [-0.05, 0) is 106 Å². The molecule has 0 aliphatic rings. The third kappa shape index (κ3) is 9.39. The number of azide groups is 1. The zero-order valence-corrected chi connectivity index (χ0v) is 33.1. The van der Waals surface area contributed by atoms with Crippen molar-refractivity contribution in [3.8, 4) is 40.7 Å². The highest BCUT2D eigenvalue weighted by molar-refractivity contribution is 9.10. The third-order valence-corrected chi connectivity index (χ3v) is 8.97. The molecule has 10 nitrogen and oxygen atoms in total. The molecule has 0 unspecified atom stereocenters. The van der Waals surface area contributed by atoms with Crippen LogP contribution in [0.2, 0.25) is 10.0 Å². The lowest BCUT2D eigenvalue weighted by Gasteiger charge is -2.14. The molecule has 0 saturated carbocycles. The highest BCUT2D eigenvalue weighted by Crippen LogP contribution is 2.32. The smallest absolute Gasteiger partial charge is 0.110 e. The van der Waals surface area contributed by atoms with Crippen LogP contribution in [0, 0.1) is 40.0 Å². The van der Waals surface area contributed by atoms with Gasteiger partial charge in [0.15, 0.2) is 0 Å². The first-order valence-electron chi connectivity index (χ1n) is 15.6. The Balaban J connectivity index is 0.000000170. The first-order chi connectivity index (χ1) is 25.0. The van der Waals surface area contributed by atoms with Crippen molar-refractivity contribution in [3.63, 3.8) is 0 Å². The van der Waals surface area contributed by atoms with Gasteiger partial charge in [-0.1, -0.05) is 83.4 Å². The van der Waals surface area contributed by atoms with Gasteiger partial charge in [0.05, 0.1) is 40.3 Å². The number of benzene rings is 4. The van der Waals surface area contributed by atoms with Gasteiger partial charge in [-0.15, -0.1) is 11.5 Å². The Morgan fingerprint density at radius 1 is 0.750 bits per heavy atom. The fourth-order valence-corrected chi connectivity index (χ4v) is 6.21. The van der Waals surface area contributed by atoms with Crippen molar-refractivity contribution in [2.24, 2.45) is 5.11 Å². The summed E-state index contributed by atoms with van der Waals surface area (Å²) in [5.74, 6) is 4.56. The van der Waals surface area contributed by atoms with Gasteiger partial charge in [-0.2, -0.15) is 0 Å². The second kappa shape index (κ2) is 17.4. The average Bonchev–Trinajstić information content (AvgIpc) is 3.84. The Morgan fingerprint density at radius 3 is 1.83 bits per heavy atom. The van der Waals surface area contributed by atoms with E-state index in [1.165, 1.54) is 0 Å². The third-order valence-electron chi connectivity index (χ3n) is 7.48. The van der Waals surface area contributed by atoms with E-state index in [0.29, 0.717) is 15.7 Å². The zero-order chi connectivity index (χ0) is 37.4. The van der Waals surface area contributed by atoms with E-state index in [0.717, 1.165) is 65.9 Å². The number of imidazole rings is 2. The summed E-state index contributed by atoms with van der Waals surface area (Å²) in [6.07, 6.45) is 11.3. The molecule has 4 aromatic carbocycles. The monoisotopic (exact) mass is 854 g/mol. The number of aromatic nitrogens is 7. The standard InChI is InChI=1S/C19H15BrClN5.C13H11BrN2.C6H4ClN3/c1-12-11-25(13(2)23-12)18-8-3-14(20)9-17(18)19-10-22-24-26(19)16-6-4-15(21)5-7-16;1-4-11-7-12(14)5-6-13(11)16-8-9(2)15-10(16)3;7-5-1-3-6(4-2-5)9-10-8/h3-11H,1-2H3;1,5-8H,2-3H3;1-4H. The van der Waals surface area contributed by atoms with Gasteiger partial charge in [0.1, 0.15) is 11.6 Å². The molecule has 0 aliphatic carbocycles. The van der Waals surface area contributed by atoms with Crippen LogP contribution in [0.25, 0.3) is 38.8 Å². The molecule has 0 bridgehead atoms. The molecule has 3 heterocycles. The predicted molar refractivity (Wildman–Crippen MR) is 215 cm³/mol. The number of terminal acetylenes is 1. The minimum atomic E-state index is 0.576. The van der Waals surface area contributed by atoms with Gasteiger partial charge < -0.3 is 9.13 Å². The van der Waals surface area contributed by atoms with Crippen LogP contribution >= 0.6 is 55.1 Å². The topological polar surface area (TPSA) is 115 Å². The van der Waals surface area contributed by atoms with Crippen molar-refractivity contribution in [3.05, 3.63) is 162 Å². The number of nitrogens with zero attached hydrogens (tertiary/aromatic N) is 10. The van der Waals surface area contributed by atoms with E-state index in [2.05, 4.69) is 84.8 Å². The van der Waals surface area contributed by atoms with Crippen molar-refractivity contribution in [2.75, 3.05) is 0 Å². The van der Waals surface area contributed by atoms with Crippen molar-refractivity contribution in [1.82, 2.24) is 34.1 Å². The molecular formula is C38H30Br2Cl2N10. The van der Waals surface area contributed by atoms with Crippen LogP contribution in [-0.2, 0) is 0 Å². The van der Waals surface area contributed by atoms with Crippen LogP contribution < -0.4 is 0 Å². The number of halogens is 4. The van der Waals surface area contributed by atoms with E-state index in [4.69, 9.17) is 35.2 Å². The van der Waals surface area contributed by atoms with Gasteiger partial charge in [0, 0.05) is 53.1 Å². The van der Waals surface area contributed by atoms with Gasteiger partial charge in [-0.3, -0.25) is 0 Å². The van der Waals surface area contributed by atoms with E-state index < -0.39 is 0 Å². The first-order valence-corrected chi connectivity index (χ1v) is 17.9. The van der Waals surface area contributed by atoms with Crippen LogP contribution in [0.15, 0.2) is 118 Å². The van der Waals surface area contributed by atoms with Crippen molar-refractivity contribution >= 4 is 60.7 Å². The summed E-state index contributed by atoms with van der Waals surface area (Å²) in [6, 6.07) is 26.2. The number of rotatable bonds is 5.